The second-order valence-corrected chi connectivity index (χ2v) is 5.92. The number of carbonyl (C=O) groups is 2. The molecule has 112 valence electrons. The van der Waals surface area contributed by atoms with Gasteiger partial charge in [0.05, 0.1) is 17.8 Å². The Kier molecular flexibility index (Phi) is 4.99. The van der Waals surface area contributed by atoms with Gasteiger partial charge in [-0.25, -0.2) is 4.68 Å². The van der Waals surface area contributed by atoms with Crippen molar-refractivity contribution >= 4 is 11.7 Å². The minimum atomic E-state index is -0.603. The van der Waals surface area contributed by atoms with Crippen LogP contribution in [0, 0.1) is 5.92 Å². The summed E-state index contributed by atoms with van der Waals surface area (Å²) in [6, 6.07) is -0.476. The first kappa shape index (κ1) is 16.3. The van der Waals surface area contributed by atoms with Gasteiger partial charge in [-0.3, -0.25) is 9.59 Å². The predicted octanol–water partition coefficient (Wildman–Crippen LogP) is 0.202. The Morgan fingerprint density at radius 3 is 2.45 bits per heavy atom. The monoisotopic (exact) mass is 281 g/mol. The van der Waals surface area contributed by atoms with Gasteiger partial charge in [0.1, 0.15) is 12.2 Å². The van der Waals surface area contributed by atoms with E-state index < -0.39 is 11.6 Å². The summed E-state index contributed by atoms with van der Waals surface area (Å²) in [6.07, 6.45) is 1.64. The van der Waals surface area contributed by atoms with Gasteiger partial charge < -0.3 is 11.1 Å². The molecule has 3 N–H and O–H groups in total. The van der Waals surface area contributed by atoms with E-state index in [0.29, 0.717) is 5.69 Å². The lowest BCUT2D eigenvalue weighted by atomic mass is 10.0. The molecule has 7 nitrogen and oxygen atoms in total. The highest BCUT2D eigenvalue weighted by Crippen LogP contribution is 2.12. The topological polar surface area (TPSA) is 103 Å². The van der Waals surface area contributed by atoms with Gasteiger partial charge in [-0.05, 0) is 26.7 Å². The van der Waals surface area contributed by atoms with E-state index in [4.69, 9.17) is 5.73 Å². The van der Waals surface area contributed by atoms with Gasteiger partial charge in [0.15, 0.2) is 5.78 Å². The average Bonchev–Trinajstić information content (AvgIpc) is 2.73. The summed E-state index contributed by atoms with van der Waals surface area (Å²) in [5.41, 5.74) is 5.91. The maximum Gasteiger partial charge on any atom is 0.242 e. The lowest BCUT2D eigenvalue weighted by Gasteiger charge is -2.19. The predicted molar refractivity (Wildman–Crippen MR) is 74.7 cm³/mol. The van der Waals surface area contributed by atoms with E-state index in [0.717, 1.165) is 0 Å². The van der Waals surface area contributed by atoms with Crippen molar-refractivity contribution in [2.45, 2.75) is 52.7 Å². The molecule has 0 aromatic carbocycles. The molecule has 0 spiro atoms. The van der Waals surface area contributed by atoms with Gasteiger partial charge in [0.25, 0.3) is 0 Å². The van der Waals surface area contributed by atoms with Crippen LogP contribution in [0.3, 0.4) is 0 Å². The SMILES string of the molecule is CC(=O)C(NC(=O)Cn1cc(C(C)(C)N)nn1)C(C)C. The Balaban J connectivity index is 2.67. The van der Waals surface area contributed by atoms with Crippen molar-refractivity contribution in [1.29, 1.82) is 0 Å². The van der Waals surface area contributed by atoms with Crippen LogP contribution in [0.4, 0.5) is 0 Å². The number of hydrogen-bond acceptors (Lipinski definition) is 5. The van der Waals surface area contributed by atoms with Gasteiger partial charge in [0.2, 0.25) is 5.91 Å². The number of ketones is 1. The van der Waals surface area contributed by atoms with Crippen LogP contribution in [0.25, 0.3) is 0 Å². The summed E-state index contributed by atoms with van der Waals surface area (Å²) < 4.78 is 1.41. The third kappa shape index (κ3) is 4.41. The highest BCUT2D eigenvalue weighted by Gasteiger charge is 2.22. The second-order valence-electron chi connectivity index (χ2n) is 5.92. The normalized spacial score (nSPS) is 13.3. The highest BCUT2D eigenvalue weighted by atomic mass is 16.2. The molecule has 20 heavy (non-hydrogen) atoms. The van der Waals surface area contributed by atoms with Crippen molar-refractivity contribution in [1.82, 2.24) is 20.3 Å². The molecule has 1 unspecified atom stereocenters. The van der Waals surface area contributed by atoms with Crippen molar-refractivity contribution in [2.75, 3.05) is 0 Å². The Labute approximate surface area is 118 Å². The largest absolute Gasteiger partial charge is 0.344 e. The third-order valence-corrected chi connectivity index (χ3v) is 2.93. The van der Waals surface area contributed by atoms with Crippen LogP contribution < -0.4 is 11.1 Å². The number of carbonyl (C=O) groups excluding carboxylic acids is 2. The molecule has 1 amide bonds. The zero-order chi connectivity index (χ0) is 15.5. The minimum absolute atomic E-state index is 0.0135. The van der Waals surface area contributed by atoms with E-state index in [1.54, 1.807) is 6.20 Å². The van der Waals surface area contributed by atoms with Crippen molar-refractivity contribution in [3.8, 4) is 0 Å². The molecule has 1 aromatic heterocycles. The van der Waals surface area contributed by atoms with E-state index in [1.807, 2.05) is 27.7 Å². The minimum Gasteiger partial charge on any atom is -0.344 e. The molecule has 1 heterocycles. The smallest absolute Gasteiger partial charge is 0.242 e. The fourth-order valence-corrected chi connectivity index (χ4v) is 1.77. The molecule has 1 rings (SSSR count). The molecule has 1 aromatic rings. The number of Topliss-reactive ketones (excluding diaryl/α,β-unsaturated/α-hetero) is 1. The molecule has 0 fully saturated rings. The van der Waals surface area contributed by atoms with Crippen LogP contribution in [-0.4, -0.2) is 32.7 Å². The molecule has 1 atom stereocenters. The fourth-order valence-electron chi connectivity index (χ4n) is 1.77. The Bertz CT molecular complexity index is 487. The zero-order valence-corrected chi connectivity index (χ0v) is 12.7. The molecule has 0 saturated carbocycles. The van der Waals surface area contributed by atoms with E-state index in [-0.39, 0.29) is 24.2 Å². The van der Waals surface area contributed by atoms with Crippen LogP contribution in [0.2, 0.25) is 0 Å². The second kappa shape index (κ2) is 6.13. The summed E-state index contributed by atoms with van der Waals surface area (Å²) >= 11 is 0. The summed E-state index contributed by atoms with van der Waals surface area (Å²) in [5.74, 6) is -0.286. The number of aromatic nitrogens is 3. The van der Waals surface area contributed by atoms with Crippen molar-refractivity contribution in [3.05, 3.63) is 11.9 Å². The number of rotatable bonds is 6. The molecule has 0 aliphatic rings. The van der Waals surface area contributed by atoms with Gasteiger partial charge in [-0.2, -0.15) is 0 Å². The van der Waals surface area contributed by atoms with Crippen molar-refractivity contribution < 1.29 is 9.59 Å². The summed E-state index contributed by atoms with van der Waals surface area (Å²) in [5, 5.41) is 10.5. The molecular formula is C13H23N5O2. The van der Waals surface area contributed by atoms with Gasteiger partial charge >= 0.3 is 0 Å². The average molecular weight is 281 g/mol. The molecule has 0 saturated heterocycles. The summed E-state index contributed by atoms with van der Waals surface area (Å²) in [6.45, 7) is 8.88. The van der Waals surface area contributed by atoms with Crippen molar-refractivity contribution in [2.24, 2.45) is 11.7 Å². The molecule has 0 radical (unpaired) electrons. The van der Waals surface area contributed by atoms with Crippen LogP contribution in [0.1, 0.15) is 40.3 Å². The molecule has 0 aliphatic carbocycles. The Morgan fingerprint density at radius 1 is 1.45 bits per heavy atom. The maximum atomic E-state index is 11.9. The van der Waals surface area contributed by atoms with Gasteiger partial charge in [-0.1, -0.05) is 19.1 Å². The van der Waals surface area contributed by atoms with Gasteiger partial charge in [-0.15, -0.1) is 5.10 Å². The van der Waals surface area contributed by atoms with Crippen molar-refractivity contribution in [3.63, 3.8) is 0 Å². The number of hydrogen-bond donors (Lipinski definition) is 2. The van der Waals surface area contributed by atoms with Crippen LogP contribution in [0.5, 0.6) is 0 Å². The highest BCUT2D eigenvalue weighted by molar-refractivity contribution is 5.87. The first-order valence-electron chi connectivity index (χ1n) is 6.60. The molecular weight excluding hydrogens is 258 g/mol. The maximum absolute atomic E-state index is 11.9. The van der Waals surface area contributed by atoms with E-state index in [9.17, 15) is 9.59 Å². The first-order valence-corrected chi connectivity index (χ1v) is 6.60. The first-order chi connectivity index (χ1) is 9.11. The van der Waals surface area contributed by atoms with Crippen LogP contribution in [0.15, 0.2) is 6.20 Å². The Morgan fingerprint density at radius 2 is 2.05 bits per heavy atom. The number of nitrogens with one attached hydrogen (secondary N) is 1. The van der Waals surface area contributed by atoms with E-state index in [2.05, 4.69) is 15.6 Å². The zero-order valence-electron chi connectivity index (χ0n) is 12.7. The molecule has 0 aliphatic heterocycles. The summed E-state index contributed by atoms with van der Waals surface area (Å²) in [7, 11) is 0. The molecule has 7 heteroatoms. The number of nitrogens with zero attached hydrogens (tertiary/aromatic N) is 3. The summed E-state index contributed by atoms with van der Waals surface area (Å²) in [4.78, 5) is 23.4. The Hall–Kier alpha value is -1.76. The van der Waals surface area contributed by atoms with E-state index >= 15 is 0 Å². The quantitative estimate of drug-likeness (QED) is 0.775. The van der Waals surface area contributed by atoms with Crippen LogP contribution >= 0.6 is 0 Å². The number of nitrogens with two attached hydrogens (primary N) is 1. The van der Waals surface area contributed by atoms with Gasteiger partial charge in [0, 0.05) is 0 Å². The third-order valence-electron chi connectivity index (χ3n) is 2.93. The lowest BCUT2D eigenvalue weighted by Crippen LogP contribution is -2.44. The van der Waals surface area contributed by atoms with E-state index in [1.165, 1.54) is 11.6 Å². The number of amides is 1. The van der Waals surface area contributed by atoms with Crippen LogP contribution in [-0.2, 0) is 21.7 Å². The standard InChI is InChI=1S/C13H23N5O2/c1-8(2)12(9(3)19)15-11(20)7-18-6-10(16-17-18)13(4,5)14/h6,8,12H,7,14H2,1-5H3,(H,15,20). The lowest BCUT2D eigenvalue weighted by molar-refractivity contribution is -0.128. The fraction of sp³-hybridized carbons (Fsp3) is 0.692. The molecule has 0 bridgehead atoms.